The number of Topliss-reactive ketones (excluding diaryl/α,β-unsaturated/α-hetero) is 1. The molecular formula is C10H24N6O3. The van der Waals surface area contributed by atoms with E-state index in [1.807, 2.05) is 0 Å². The van der Waals surface area contributed by atoms with Crippen molar-refractivity contribution in [2.75, 3.05) is 14.1 Å². The second-order valence-corrected chi connectivity index (χ2v) is 3.14. The van der Waals surface area contributed by atoms with Crippen molar-refractivity contribution in [2.24, 2.45) is 21.3 Å². The maximum Gasteiger partial charge on any atom is 0.177 e. The smallest absolute Gasteiger partial charge is 0.177 e. The normalized spacial score (nSPS) is 11.6. The molecule has 0 amide bonds. The lowest BCUT2D eigenvalue weighted by atomic mass is 10.3. The van der Waals surface area contributed by atoms with Crippen molar-refractivity contribution in [3.8, 4) is 0 Å². The molecule has 112 valence electrons. The summed E-state index contributed by atoms with van der Waals surface area (Å²) in [5.41, 5.74) is 6.17. The Bertz CT molecular complexity index is 325. The first kappa shape index (κ1) is 22.2. The van der Waals surface area contributed by atoms with Gasteiger partial charge in [0.1, 0.15) is 5.71 Å². The zero-order chi connectivity index (χ0) is 15.8. The number of nitrogens with one attached hydrogen (secondary N) is 2. The minimum absolute atomic E-state index is 0.139. The summed E-state index contributed by atoms with van der Waals surface area (Å²) in [6, 6.07) is 0. The van der Waals surface area contributed by atoms with E-state index in [9.17, 15) is 4.79 Å². The molecule has 9 heteroatoms. The van der Waals surface area contributed by atoms with Crippen LogP contribution in [0.2, 0.25) is 0 Å². The molecule has 0 rings (SSSR count). The van der Waals surface area contributed by atoms with Gasteiger partial charge in [0.25, 0.3) is 0 Å². The van der Waals surface area contributed by atoms with Gasteiger partial charge in [-0.1, -0.05) is 10.3 Å². The summed E-state index contributed by atoms with van der Waals surface area (Å²) in [4.78, 5) is 10.1. The van der Waals surface area contributed by atoms with Crippen LogP contribution < -0.4 is 16.7 Å². The quantitative estimate of drug-likeness (QED) is 0.211. The molecule has 0 fully saturated rings. The number of carbonyl (C=O) groups excluding carboxylic acids is 1. The van der Waals surface area contributed by atoms with Crippen LogP contribution in [0.5, 0.6) is 0 Å². The van der Waals surface area contributed by atoms with E-state index in [1.165, 1.54) is 13.8 Å². The molecular weight excluding hydrogens is 252 g/mol. The van der Waals surface area contributed by atoms with Crippen LogP contribution in [-0.4, -0.2) is 47.4 Å². The summed E-state index contributed by atoms with van der Waals surface area (Å²) in [6.45, 7) is 6.22. The highest BCUT2D eigenvalue weighted by atomic mass is 16.4. The summed E-state index contributed by atoms with van der Waals surface area (Å²) in [5, 5.41) is 25.5. The van der Waals surface area contributed by atoms with Gasteiger partial charge < -0.3 is 15.8 Å². The minimum Gasteiger partial charge on any atom is -0.411 e. The number of hydrazine groups is 1. The number of hydrazone groups is 1. The Labute approximate surface area is 113 Å². The van der Waals surface area contributed by atoms with E-state index >= 15 is 0 Å². The number of hydrogen-bond donors (Lipinski definition) is 5. The summed E-state index contributed by atoms with van der Waals surface area (Å²) in [7, 11) is 3.34. The summed E-state index contributed by atoms with van der Waals surface area (Å²) < 4.78 is 0. The van der Waals surface area contributed by atoms with E-state index in [4.69, 9.17) is 10.4 Å². The molecule has 0 aliphatic carbocycles. The Hall–Kier alpha value is -2.00. The van der Waals surface area contributed by atoms with Crippen molar-refractivity contribution >= 4 is 22.9 Å². The fourth-order valence-corrected chi connectivity index (χ4v) is 0.391. The fraction of sp³-hybridized carbons (Fsp3) is 0.600. The van der Waals surface area contributed by atoms with Crippen molar-refractivity contribution in [3.63, 3.8) is 0 Å². The first-order chi connectivity index (χ1) is 8.81. The van der Waals surface area contributed by atoms with Gasteiger partial charge in [0, 0.05) is 14.0 Å². The highest BCUT2D eigenvalue weighted by Gasteiger charge is 1.94. The molecule has 0 aliphatic heterocycles. The molecule has 6 N–H and O–H groups in total. The van der Waals surface area contributed by atoms with E-state index < -0.39 is 0 Å². The van der Waals surface area contributed by atoms with Crippen LogP contribution in [-0.2, 0) is 4.79 Å². The van der Waals surface area contributed by atoms with Gasteiger partial charge in [-0.3, -0.25) is 16.1 Å². The van der Waals surface area contributed by atoms with Gasteiger partial charge in [0.05, 0.1) is 11.4 Å². The number of hydrogen-bond acceptors (Lipinski definition) is 9. The lowest BCUT2D eigenvalue weighted by Crippen LogP contribution is -2.13. The minimum atomic E-state index is -0.206. The zero-order valence-electron chi connectivity index (χ0n) is 12.2. The van der Waals surface area contributed by atoms with Crippen LogP contribution in [0.3, 0.4) is 0 Å². The molecule has 0 saturated carbocycles. The van der Waals surface area contributed by atoms with Gasteiger partial charge in [-0.15, -0.1) is 0 Å². The maximum atomic E-state index is 10.1. The van der Waals surface area contributed by atoms with Crippen molar-refractivity contribution in [2.45, 2.75) is 27.7 Å². The Kier molecular flexibility index (Phi) is 18.7. The summed E-state index contributed by atoms with van der Waals surface area (Å²) >= 11 is 0. The Morgan fingerprint density at radius 1 is 0.947 bits per heavy atom. The number of nitrogens with two attached hydrogens (primary N) is 1. The SMILES string of the molecule is CC(=O)/C(C)=N/O.CN/N=C(C)\C(C)=N\O.CNN. The van der Waals surface area contributed by atoms with E-state index in [0.717, 1.165) is 0 Å². The molecule has 0 bridgehead atoms. The molecule has 0 radical (unpaired) electrons. The van der Waals surface area contributed by atoms with Crippen LogP contribution in [0.4, 0.5) is 0 Å². The van der Waals surface area contributed by atoms with Crippen molar-refractivity contribution < 1.29 is 15.2 Å². The van der Waals surface area contributed by atoms with Gasteiger partial charge in [-0.2, -0.15) is 5.10 Å². The van der Waals surface area contributed by atoms with Gasteiger partial charge >= 0.3 is 0 Å². The fourth-order valence-electron chi connectivity index (χ4n) is 0.391. The van der Waals surface area contributed by atoms with E-state index in [0.29, 0.717) is 11.4 Å². The van der Waals surface area contributed by atoms with Crippen LogP contribution >= 0.6 is 0 Å². The number of carbonyl (C=O) groups is 1. The van der Waals surface area contributed by atoms with E-state index in [1.54, 1.807) is 27.9 Å². The molecule has 0 aromatic rings. The van der Waals surface area contributed by atoms with Gasteiger partial charge in [-0.25, -0.2) is 0 Å². The van der Waals surface area contributed by atoms with Crippen molar-refractivity contribution in [1.29, 1.82) is 0 Å². The highest BCUT2D eigenvalue weighted by Crippen LogP contribution is 1.79. The second-order valence-electron chi connectivity index (χ2n) is 3.14. The molecule has 9 nitrogen and oxygen atoms in total. The molecule has 0 saturated heterocycles. The van der Waals surface area contributed by atoms with E-state index in [-0.39, 0.29) is 11.5 Å². The Morgan fingerprint density at radius 3 is 1.47 bits per heavy atom. The molecule has 0 spiro atoms. The average molecular weight is 276 g/mol. The number of rotatable bonds is 3. The highest BCUT2D eigenvalue weighted by molar-refractivity contribution is 6.40. The number of oxime groups is 2. The zero-order valence-corrected chi connectivity index (χ0v) is 12.2. The Morgan fingerprint density at radius 2 is 1.32 bits per heavy atom. The maximum absolute atomic E-state index is 10.1. The van der Waals surface area contributed by atoms with Gasteiger partial charge in [0.15, 0.2) is 5.78 Å². The second kappa shape index (κ2) is 16.0. The first-order valence-corrected chi connectivity index (χ1v) is 5.29. The monoisotopic (exact) mass is 276 g/mol. The molecule has 0 aliphatic rings. The lowest BCUT2D eigenvalue weighted by molar-refractivity contribution is -0.111. The van der Waals surface area contributed by atoms with Crippen LogP contribution in [0, 0.1) is 0 Å². The summed E-state index contributed by atoms with van der Waals surface area (Å²) in [5.74, 6) is 4.39. The topological polar surface area (TPSA) is 145 Å². The Balaban J connectivity index is -0.000000228. The van der Waals surface area contributed by atoms with Crippen LogP contribution in [0.1, 0.15) is 27.7 Å². The standard InChI is InChI=1S/C5H11N3O.C4H7NO2.CH6N2/c1-4(7-6-3)5(2)8-9;1-3(5-7)4(2)6;1-3-2/h6,9H,1-3H3;7H,1-2H3;3H,2H2,1H3/b7-4-,8-5+;5-3+;. The van der Waals surface area contributed by atoms with Crippen LogP contribution in [0.25, 0.3) is 0 Å². The van der Waals surface area contributed by atoms with Crippen molar-refractivity contribution in [1.82, 2.24) is 10.9 Å². The lowest BCUT2D eigenvalue weighted by Gasteiger charge is -1.94. The average Bonchev–Trinajstić information content (AvgIpc) is 2.38. The predicted octanol–water partition coefficient (Wildman–Crippen LogP) is -0.0632. The molecule has 0 aromatic carbocycles. The van der Waals surface area contributed by atoms with E-state index in [2.05, 4.69) is 32.1 Å². The van der Waals surface area contributed by atoms with Gasteiger partial charge in [0.2, 0.25) is 0 Å². The first-order valence-electron chi connectivity index (χ1n) is 5.29. The summed E-state index contributed by atoms with van der Waals surface area (Å²) in [6.07, 6.45) is 0. The molecule has 19 heavy (non-hydrogen) atoms. The molecule has 0 heterocycles. The predicted molar refractivity (Wildman–Crippen MR) is 75.9 cm³/mol. The van der Waals surface area contributed by atoms with Gasteiger partial charge in [-0.05, 0) is 27.8 Å². The molecule has 0 atom stereocenters. The number of nitrogens with zero attached hydrogens (tertiary/aromatic N) is 3. The number of ketones is 1. The third-order valence-corrected chi connectivity index (χ3v) is 1.61. The van der Waals surface area contributed by atoms with Crippen LogP contribution in [0.15, 0.2) is 15.4 Å². The molecule has 0 unspecified atom stereocenters. The largest absolute Gasteiger partial charge is 0.411 e. The third kappa shape index (κ3) is 18.6. The molecule has 0 aromatic heterocycles. The third-order valence-electron chi connectivity index (χ3n) is 1.61. The van der Waals surface area contributed by atoms with Crippen molar-refractivity contribution in [3.05, 3.63) is 0 Å².